The number of aliphatic hydroxyl groups excluding tert-OH is 1. The molecule has 8 nitrogen and oxygen atoms in total. The minimum atomic E-state index is -1.05. The molecule has 1 N–H and O–H groups in total. The number of aromatic nitrogens is 2. The molecule has 4 heterocycles. The van der Waals surface area contributed by atoms with E-state index >= 15 is 0 Å². The highest BCUT2D eigenvalue weighted by atomic mass is 19.1. The van der Waals surface area contributed by atoms with Crippen molar-refractivity contribution in [3.8, 4) is 0 Å². The molecule has 3 aromatic rings. The molecule has 2 aromatic heterocycles. The number of rotatable bonds is 5. The third-order valence-corrected chi connectivity index (χ3v) is 6.43. The number of carbonyl (C=O) groups is 2. The van der Waals surface area contributed by atoms with Crippen molar-refractivity contribution in [2.24, 2.45) is 0 Å². The molecule has 0 radical (unpaired) electrons. The number of fused-ring (bicyclic) bond motifs is 1. The first kappa shape index (κ1) is 22.2. The Kier molecular flexibility index (Phi) is 5.89. The van der Waals surface area contributed by atoms with Gasteiger partial charge >= 0.3 is 0 Å². The van der Waals surface area contributed by atoms with E-state index < -0.39 is 23.5 Å². The van der Waals surface area contributed by atoms with E-state index in [0.717, 1.165) is 13.1 Å². The van der Waals surface area contributed by atoms with Crippen molar-refractivity contribution in [2.75, 3.05) is 39.4 Å². The number of morpholine rings is 1. The molecule has 0 spiro atoms. The highest BCUT2D eigenvalue weighted by Crippen LogP contribution is 2.40. The number of ether oxygens (including phenoxy) is 1. The van der Waals surface area contributed by atoms with Crippen LogP contribution >= 0.6 is 0 Å². The van der Waals surface area contributed by atoms with Gasteiger partial charge in [-0.1, -0.05) is 24.3 Å². The minimum Gasteiger partial charge on any atom is -0.505 e. The monoisotopic (exact) mass is 464 g/mol. The van der Waals surface area contributed by atoms with E-state index in [0.29, 0.717) is 36.8 Å². The average molecular weight is 464 g/mol. The molecule has 5 rings (SSSR count). The van der Waals surface area contributed by atoms with E-state index in [1.165, 1.54) is 11.0 Å². The third-order valence-electron chi connectivity index (χ3n) is 6.43. The van der Waals surface area contributed by atoms with E-state index in [4.69, 9.17) is 4.74 Å². The largest absolute Gasteiger partial charge is 0.505 e. The van der Waals surface area contributed by atoms with Crippen molar-refractivity contribution in [3.63, 3.8) is 0 Å². The van der Waals surface area contributed by atoms with Crippen LogP contribution in [0.25, 0.3) is 11.4 Å². The summed E-state index contributed by atoms with van der Waals surface area (Å²) in [7, 11) is 0. The molecule has 1 aromatic carbocycles. The number of likely N-dealkylation sites (tertiary alicyclic amines) is 1. The van der Waals surface area contributed by atoms with Crippen molar-refractivity contribution in [3.05, 3.63) is 77.0 Å². The Hall–Kier alpha value is -3.56. The normalized spacial score (nSPS) is 21.0. The van der Waals surface area contributed by atoms with Crippen LogP contribution in [0.15, 0.2) is 54.2 Å². The molecule has 2 aliphatic rings. The number of hydrogen-bond donors (Lipinski definition) is 1. The van der Waals surface area contributed by atoms with Gasteiger partial charge in [0.25, 0.3) is 11.7 Å². The first-order valence-electron chi connectivity index (χ1n) is 11.2. The second kappa shape index (κ2) is 9.00. The number of pyridine rings is 1. The molecule has 2 aliphatic heterocycles. The lowest BCUT2D eigenvalue weighted by Crippen LogP contribution is -2.42. The molecule has 176 valence electrons. The molecule has 34 heavy (non-hydrogen) atoms. The fraction of sp³-hybridized carbons (Fsp3) is 0.320. The van der Waals surface area contributed by atoms with E-state index in [2.05, 4.69) is 9.88 Å². The topological polar surface area (TPSA) is 87.4 Å². The van der Waals surface area contributed by atoms with Crippen LogP contribution in [0.2, 0.25) is 0 Å². The Morgan fingerprint density at radius 2 is 1.85 bits per heavy atom. The summed E-state index contributed by atoms with van der Waals surface area (Å²) in [5.41, 5.74) is 1.42. The molecule has 0 aliphatic carbocycles. The van der Waals surface area contributed by atoms with Crippen molar-refractivity contribution in [2.45, 2.75) is 13.0 Å². The zero-order valence-electron chi connectivity index (χ0n) is 18.8. The third kappa shape index (κ3) is 3.76. The molecule has 1 atom stereocenters. The summed E-state index contributed by atoms with van der Waals surface area (Å²) >= 11 is 0. The molecule has 0 bridgehead atoms. The van der Waals surface area contributed by atoms with Gasteiger partial charge in [-0.3, -0.25) is 18.9 Å². The highest BCUT2D eigenvalue weighted by molar-refractivity contribution is 6.46. The predicted octanol–water partition coefficient (Wildman–Crippen LogP) is 2.54. The van der Waals surface area contributed by atoms with E-state index in [1.54, 1.807) is 47.9 Å². The van der Waals surface area contributed by atoms with Crippen LogP contribution in [-0.4, -0.2) is 75.4 Å². The first-order chi connectivity index (χ1) is 16.5. The van der Waals surface area contributed by atoms with Gasteiger partial charge in [-0.05, 0) is 25.1 Å². The lowest BCUT2D eigenvalue weighted by molar-refractivity contribution is -0.140. The minimum absolute atomic E-state index is 0.133. The summed E-state index contributed by atoms with van der Waals surface area (Å²) in [6.07, 6.45) is 1.72. The maximum absolute atomic E-state index is 15.0. The number of hydrogen-bond acceptors (Lipinski definition) is 6. The van der Waals surface area contributed by atoms with Crippen LogP contribution < -0.4 is 0 Å². The highest BCUT2D eigenvalue weighted by Gasteiger charge is 2.47. The molecule has 9 heteroatoms. The quantitative estimate of drug-likeness (QED) is 0.355. The maximum atomic E-state index is 15.0. The summed E-state index contributed by atoms with van der Waals surface area (Å²) < 4.78 is 22.0. The van der Waals surface area contributed by atoms with Crippen molar-refractivity contribution in [1.82, 2.24) is 19.2 Å². The molecule has 1 amide bonds. The number of Topliss-reactive ketones (excluding diaryl/α,β-unsaturated/α-hetero) is 1. The molecular formula is C25H25FN4O4. The molecular weight excluding hydrogens is 439 g/mol. The van der Waals surface area contributed by atoms with Gasteiger partial charge in [0.15, 0.2) is 5.76 Å². The van der Waals surface area contributed by atoms with Gasteiger partial charge in [0.2, 0.25) is 0 Å². The summed E-state index contributed by atoms with van der Waals surface area (Å²) in [5.74, 6) is -2.50. The number of nitrogens with zero attached hydrogens (tertiary/aromatic N) is 4. The van der Waals surface area contributed by atoms with Crippen LogP contribution in [0, 0.1) is 12.7 Å². The van der Waals surface area contributed by atoms with Gasteiger partial charge in [-0.2, -0.15) is 0 Å². The number of halogens is 1. The number of carbonyl (C=O) groups excluding carboxylic acids is 2. The maximum Gasteiger partial charge on any atom is 0.295 e. The summed E-state index contributed by atoms with van der Waals surface area (Å²) in [6, 6.07) is 10.4. The lowest BCUT2D eigenvalue weighted by Gasteiger charge is -2.31. The molecule has 0 unspecified atom stereocenters. The predicted molar refractivity (Wildman–Crippen MR) is 123 cm³/mol. The van der Waals surface area contributed by atoms with Crippen LogP contribution in [-0.2, 0) is 14.3 Å². The van der Waals surface area contributed by atoms with Gasteiger partial charge in [-0.25, -0.2) is 9.37 Å². The SMILES string of the molecule is Cc1nc2ccccn2c1/C(O)=C1\C(=O)C(=O)N(CCN2CCOCC2)[C@@H]1c1ccccc1F. The van der Waals surface area contributed by atoms with E-state index in [1.807, 2.05) is 6.07 Å². The number of aliphatic hydroxyl groups is 1. The summed E-state index contributed by atoms with van der Waals surface area (Å²) in [5, 5.41) is 11.4. The lowest BCUT2D eigenvalue weighted by atomic mass is 9.96. The van der Waals surface area contributed by atoms with Crippen LogP contribution in [0.5, 0.6) is 0 Å². The Morgan fingerprint density at radius 1 is 1.12 bits per heavy atom. The zero-order valence-corrected chi connectivity index (χ0v) is 18.8. The number of benzene rings is 1. The van der Waals surface area contributed by atoms with Crippen LogP contribution in [0.4, 0.5) is 4.39 Å². The number of aryl methyl sites for hydroxylation is 1. The first-order valence-corrected chi connectivity index (χ1v) is 11.2. The van der Waals surface area contributed by atoms with Crippen molar-refractivity contribution >= 4 is 23.1 Å². The summed E-state index contributed by atoms with van der Waals surface area (Å²) in [4.78, 5) is 34.3. The van der Waals surface area contributed by atoms with Crippen molar-refractivity contribution in [1.29, 1.82) is 0 Å². The van der Waals surface area contributed by atoms with Gasteiger partial charge in [0.05, 0.1) is 30.5 Å². The van der Waals surface area contributed by atoms with Gasteiger partial charge in [-0.15, -0.1) is 0 Å². The second-order valence-electron chi connectivity index (χ2n) is 8.44. The fourth-order valence-electron chi connectivity index (χ4n) is 4.73. The van der Waals surface area contributed by atoms with Gasteiger partial charge in [0, 0.05) is 37.9 Å². The fourth-order valence-corrected chi connectivity index (χ4v) is 4.73. The van der Waals surface area contributed by atoms with Gasteiger partial charge in [0.1, 0.15) is 17.2 Å². The molecule has 2 fully saturated rings. The van der Waals surface area contributed by atoms with Crippen LogP contribution in [0.3, 0.4) is 0 Å². The Morgan fingerprint density at radius 3 is 2.62 bits per heavy atom. The van der Waals surface area contributed by atoms with Crippen LogP contribution in [0.1, 0.15) is 23.0 Å². The molecule has 0 saturated carbocycles. The number of imidazole rings is 1. The van der Waals surface area contributed by atoms with E-state index in [-0.39, 0.29) is 23.4 Å². The zero-order chi connectivity index (χ0) is 23.8. The number of amides is 1. The molecule has 2 saturated heterocycles. The standard InChI is InChI=1S/C25H25FN4O4/c1-16-21(29-9-5-4-8-19(29)27-16)23(31)20-22(17-6-2-3-7-18(17)26)30(25(33)24(20)32)11-10-28-12-14-34-15-13-28/h2-9,22,31H,10-15H2,1H3/b23-20+/t22-/m1/s1. The smallest absolute Gasteiger partial charge is 0.295 e. The summed E-state index contributed by atoms with van der Waals surface area (Å²) in [6.45, 7) is 5.08. The average Bonchev–Trinajstić information content (AvgIpc) is 3.31. The Labute approximate surface area is 195 Å². The Bertz CT molecular complexity index is 1300. The second-order valence-corrected chi connectivity index (χ2v) is 8.44. The van der Waals surface area contributed by atoms with E-state index in [9.17, 15) is 19.1 Å². The van der Waals surface area contributed by atoms with Gasteiger partial charge < -0.3 is 14.7 Å². The number of ketones is 1. The Balaban J connectivity index is 1.62. The van der Waals surface area contributed by atoms with Crippen molar-refractivity contribution < 1.29 is 23.8 Å².